The van der Waals surface area contributed by atoms with Crippen LogP contribution in [-0.4, -0.2) is 11.1 Å². The van der Waals surface area contributed by atoms with Gasteiger partial charge in [-0.2, -0.15) is 0 Å². The summed E-state index contributed by atoms with van der Waals surface area (Å²) < 4.78 is 4.81. The van der Waals surface area contributed by atoms with Crippen LogP contribution in [0, 0.1) is 6.92 Å². The minimum Gasteiger partial charge on any atom is -0.456 e. The highest BCUT2D eigenvalue weighted by atomic mass is 16.3. The van der Waals surface area contributed by atoms with Gasteiger partial charge in [0.1, 0.15) is 0 Å². The van der Waals surface area contributed by atoms with Crippen LogP contribution in [0.2, 0.25) is 0 Å². The largest absolute Gasteiger partial charge is 0.456 e. The third-order valence-electron chi connectivity index (χ3n) is 0.878. The molecule has 0 aliphatic rings. The van der Waals surface area contributed by atoms with Gasteiger partial charge in [0, 0.05) is 0 Å². The van der Waals surface area contributed by atoms with Crippen LogP contribution in [0.15, 0.2) is 16.7 Å². The second-order valence-corrected chi connectivity index (χ2v) is 1.66. The van der Waals surface area contributed by atoms with Crippen molar-refractivity contribution in [2.24, 2.45) is 0 Å². The molecule has 42 valence electrons. The van der Waals surface area contributed by atoms with Crippen molar-refractivity contribution < 1.29 is 9.21 Å². The molecule has 0 atom stereocenters. The van der Waals surface area contributed by atoms with Crippen molar-refractivity contribution in [2.75, 3.05) is 0 Å². The van der Waals surface area contributed by atoms with E-state index in [1.807, 2.05) is 6.92 Å². The van der Waals surface area contributed by atoms with E-state index in [4.69, 9.17) is 9.21 Å². The van der Waals surface area contributed by atoms with Crippen molar-refractivity contribution in [3.63, 3.8) is 0 Å². The van der Waals surface area contributed by atoms with E-state index in [-0.39, 0.29) is 0 Å². The summed E-state index contributed by atoms with van der Waals surface area (Å²) in [4.78, 5) is 8.33. The molecule has 0 unspecified atom stereocenters. The van der Waals surface area contributed by atoms with Crippen LogP contribution >= 0.6 is 0 Å². The van der Waals surface area contributed by atoms with Gasteiger partial charge in [-0.05, 0) is 18.6 Å². The Morgan fingerprint density at radius 3 is 2.75 bits per heavy atom. The smallest absolute Gasteiger partial charge is 0.347 e. The van der Waals surface area contributed by atoms with Crippen LogP contribution < -0.4 is 0 Å². The summed E-state index contributed by atoms with van der Waals surface area (Å²) in [5, 5.41) is 0. The van der Waals surface area contributed by atoms with Crippen LogP contribution in [0.25, 0.3) is 0 Å². The lowest BCUT2D eigenvalue weighted by Gasteiger charge is -1.64. The Bertz CT molecular complexity index is 188. The molecule has 0 aromatic carbocycles. The summed E-state index contributed by atoms with van der Waals surface area (Å²) in [6, 6.07) is 1.75. The third-order valence-corrected chi connectivity index (χ3v) is 0.878. The van der Waals surface area contributed by atoms with Gasteiger partial charge in [0.2, 0.25) is 5.76 Å². The molecule has 0 saturated carbocycles. The molecule has 2 heteroatoms. The zero-order chi connectivity index (χ0) is 5.98. The maximum Gasteiger partial charge on any atom is 0.347 e. The Kier molecular flexibility index (Phi) is 1.16. The maximum absolute atomic E-state index is 8.33. The average Bonchev–Trinajstić information content (AvgIpc) is 2.14. The fourth-order valence-electron chi connectivity index (χ4n) is 0.521. The molecule has 1 rings (SSSR count). The summed E-state index contributed by atoms with van der Waals surface area (Å²) in [5.41, 5.74) is 1.02. The normalized spacial score (nSPS) is 9.12. The molecule has 0 aliphatic carbocycles. The van der Waals surface area contributed by atoms with Crippen LogP contribution in [0.3, 0.4) is 0 Å². The lowest BCUT2D eigenvalue weighted by Crippen LogP contribution is -1.69. The van der Waals surface area contributed by atoms with Gasteiger partial charge in [-0.1, -0.05) is 0 Å². The summed E-state index contributed by atoms with van der Waals surface area (Å²) in [6.07, 6.45) is 2.52. The standard InChI is InChI=1S/C6H6O2/c1-5-2-6(3-7)8-4-5/h2-4H,1H3/p+1. The van der Waals surface area contributed by atoms with Gasteiger partial charge in [0.05, 0.1) is 6.26 Å². The summed E-state index contributed by atoms with van der Waals surface area (Å²) >= 11 is 0. The molecule has 8 heavy (non-hydrogen) atoms. The van der Waals surface area contributed by atoms with Crippen LogP contribution in [0.1, 0.15) is 11.3 Å². The fraction of sp³-hybridized carbons (Fsp3) is 0.167. The van der Waals surface area contributed by atoms with Gasteiger partial charge in [0.25, 0.3) is 0 Å². The first-order chi connectivity index (χ1) is 3.83. The van der Waals surface area contributed by atoms with E-state index in [0.717, 1.165) is 11.8 Å². The molecule has 0 saturated heterocycles. The number of carbonyl (C=O) groups excluding carboxylic acids is 1. The van der Waals surface area contributed by atoms with E-state index in [0.29, 0.717) is 5.76 Å². The zero-order valence-corrected chi connectivity index (χ0v) is 4.59. The van der Waals surface area contributed by atoms with Gasteiger partial charge in [-0.25, -0.2) is 0 Å². The van der Waals surface area contributed by atoms with E-state index in [1.54, 1.807) is 12.3 Å². The van der Waals surface area contributed by atoms with Crippen molar-refractivity contribution in [1.82, 2.24) is 0 Å². The van der Waals surface area contributed by atoms with Crippen LogP contribution in [0.4, 0.5) is 0 Å². The summed E-state index contributed by atoms with van der Waals surface area (Å²) in [6.45, 7) is 1.90. The monoisotopic (exact) mass is 111 g/mol. The Hall–Kier alpha value is -1.05. The number of hydrogen-bond donors (Lipinski definition) is 0. The van der Waals surface area contributed by atoms with Crippen molar-refractivity contribution in [1.29, 1.82) is 0 Å². The van der Waals surface area contributed by atoms with Crippen LogP contribution in [-0.2, 0) is 0 Å². The Labute approximate surface area is 47.1 Å². The predicted molar refractivity (Wildman–Crippen MR) is 30.5 cm³/mol. The third kappa shape index (κ3) is 0.780. The van der Waals surface area contributed by atoms with Crippen molar-refractivity contribution in [2.45, 2.75) is 6.92 Å². The molecule has 1 heterocycles. The molecule has 0 radical (unpaired) electrons. The van der Waals surface area contributed by atoms with Gasteiger partial charge >= 0.3 is 6.29 Å². The van der Waals surface area contributed by atoms with E-state index >= 15 is 0 Å². The van der Waals surface area contributed by atoms with Crippen molar-refractivity contribution >= 4 is 6.29 Å². The molecule has 0 fully saturated rings. The maximum atomic E-state index is 8.33. The first-order valence-corrected chi connectivity index (χ1v) is 2.35. The van der Waals surface area contributed by atoms with Gasteiger partial charge in [0.15, 0.2) is 0 Å². The molecule has 2 nitrogen and oxygen atoms in total. The lowest BCUT2D eigenvalue weighted by atomic mass is 10.3. The first-order valence-electron chi connectivity index (χ1n) is 2.35. The van der Waals surface area contributed by atoms with E-state index in [9.17, 15) is 0 Å². The lowest BCUT2D eigenvalue weighted by molar-refractivity contribution is 0.546. The van der Waals surface area contributed by atoms with E-state index in [1.165, 1.54) is 0 Å². The first kappa shape index (κ1) is 5.09. The topological polar surface area (TPSA) is 34.5 Å². The predicted octanol–water partition coefficient (Wildman–Crippen LogP) is 1.11. The van der Waals surface area contributed by atoms with Crippen molar-refractivity contribution in [3.05, 3.63) is 23.7 Å². The number of aldehydes is 1. The molecular weight excluding hydrogens is 104 g/mol. The highest BCUT2D eigenvalue weighted by Crippen LogP contribution is 2.01. The highest BCUT2D eigenvalue weighted by Gasteiger charge is 1.95. The minimum atomic E-state index is 0.502. The Morgan fingerprint density at radius 2 is 2.50 bits per heavy atom. The van der Waals surface area contributed by atoms with E-state index in [2.05, 4.69) is 0 Å². The Morgan fingerprint density at radius 1 is 1.75 bits per heavy atom. The van der Waals surface area contributed by atoms with Crippen LogP contribution in [0.5, 0.6) is 0 Å². The number of rotatable bonds is 1. The van der Waals surface area contributed by atoms with Gasteiger partial charge < -0.3 is 4.42 Å². The number of hydrogen-bond acceptors (Lipinski definition) is 1. The number of aryl methyl sites for hydroxylation is 1. The summed E-state index contributed by atoms with van der Waals surface area (Å²) in [7, 11) is 0. The summed E-state index contributed by atoms with van der Waals surface area (Å²) in [5.74, 6) is 0.502. The molecular formula is C6H7O2+. The quantitative estimate of drug-likeness (QED) is 0.395. The van der Waals surface area contributed by atoms with Gasteiger partial charge in [-0.15, -0.1) is 0 Å². The fourth-order valence-corrected chi connectivity index (χ4v) is 0.521. The molecule has 0 amide bonds. The molecule has 1 N–H and O–H groups in total. The SMILES string of the molecule is Cc1coc(C=[OH+])c1. The second-order valence-electron chi connectivity index (χ2n) is 1.66. The second kappa shape index (κ2) is 1.82. The molecule has 1 aromatic rings. The van der Waals surface area contributed by atoms with Crippen molar-refractivity contribution in [3.8, 4) is 0 Å². The molecule has 0 bridgehead atoms. The molecule has 1 aromatic heterocycles. The minimum absolute atomic E-state index is 0.502. The number of furan rings is 1. The molecule has 0 spiro atoms. The molecule has 0 aliphatic heterocycles. The zero-order valence-electron chi connectivity index (χ0n) is 4.59. The van der Waals surface area contributed by atoms with Gasteiger partial charge in [-0.3, -0.25) is 4.79 Å². The highest BCUT2D eigenvalue weighted by molar-refractivity contribution is 5.71. The average molecular weight is 111 g/mol. The Balaban J connectivity index is 3.00. The van der Waals surface area contributed by atoms with E-state index < -0.39 is 0 Å².